The van der Waals surface area contributed by atoms with Gasteiger partial charge in [-0.2, -0.15) is 0 Å². The third kappa shape index (κ3) is 5.69. The van der Waals surface area contributed by atoms with Gasteiger partial charge in [0.05, 0.1) is 7.11 Å². The molecule has 2 aromatic heterocycles. The fourth-order valence-electron chi connectivity index (χ4n) is 2.80. The average molecular weight is 437 g/mol. The second-order valence-corrected chi connectivity index (χ2v) is 7.17. The molecule has 3 N–H and O–H groups in total. The highest BCUT2D eigenvalue weighted by Crippen LogP contribution is 2.22. The van der Waals surface area contributed by atoms with E-state index in [0.29, 0.717) is 22.8 Å². The Hall–Kier alpha value is -4.21. The third-order valence-electron chi connectivity index (χ3n) is 4.49. The maximum absolute atomic E-state index is 12.4. The van der Waals surface area contributed by atoms with Crippen LogP contribution in [0, 0.1) is 5.92 Å². The van der Waals surface area contributed by atoms with Crippen molar-refractivity contribution in [1.82, 2.24) is 15.5 Å². The fraction of sp³-hybridized carbons (Fsp3) is 0.227. The maximum atomic E-state index is 12.4. The summed E-state index contributed by atoms with van der Waals surface area (Å²) in [6.45, 7) is 3.58. The molecule has 1 aromatic carbocycles. The number of rotatable bonds is 7. The van der Waals surface area contributed by atoms with Crippen molar-refractivity contribution in [2.24, 2.45) is 5.92 Å². The Morgan fingerprint density at radius 3 is 2.41 bits per heavy atom. The molecule has 0 saturated heterocycles. The summed E-state index contributed by atoms with van der Waals surface area (Å²) in [5.41, 5.74) is 1.66. The summed E-state index contributed by atoms with van der Waals surface area (Å²) in [7, 11) is 1.26. The number of benzene rings is 1. The van der Waals surface area contributed by atoms with E-state index in [1.165, 1.54) is 13.2 Å². The van der Waals surface area contributed by atoms with Gasteiger partial charge in [-0.25, -0.2) is 14.6 Å². The molecule has 3 aromatic rings. The van der Waals surface area contributed by atoms with E-state index in [0.717, 1.165) is 0 Å². The number of nitrogens with one attached hydrogen (secondary N) is 3. The highest BCUT2D eigenvalue weighted by molar-refractivity contribution is 5.99. The first-order chi connectivity index (χ1) is 15.4. The molecular formula is C22H23N5O5. The van der Waals surface area contributed by atoms with Crippen LogP contribution in [0.3, 0.4) is 0 Å². The van der Waals surface area contributed by atoms with E-state index in [1.54, 1.807) is 62.5 Å². The number of esters is 1. The minimum atomic E-state index is -0.802. The van der Waals surface area contributed by atoms with Gasteiger partial charge in [0, 0.05) is 23.5 Å². The largest absolute Gasteiger partial charge is 0.467 e. The lowest BCUT2D eigenvalue weighted by Crippen LogP contribution is -2.44. The Bertz CT molecular complexity index is 1080. The van der Waals surface area contributed by atoms with E-state index in [4.69, 9.17) is 9.26 Å². The summed E-state index contributed by atoms with van der Waals surface area (Å²) in [4.78, 5) is 40.4. The third-order valence-corrected chi connectivity index (χ3v) is 4.49. The van der Waals surface area contributed by atoms with Crippen LogP contribution in [-0.4, -0.2) is 41.2 Å². The molecule has 3 rings (SSSR count). The molecule has 10 heteroatoms. The van der Waals surface area contributed by atoms with Crippen LogP contribution in [0.5, 0.6) is 0 Å². The van der Waals surface area contributed by atoms with Crippen LogP contribution < -0.4 is 16.0 Å². The van der Waals surface area contributed by atoms with Gasteiger partial charge in [-0.15, -0.1) is 0 Å². The summed E-state index contributed by atoms with van der Waals surface area (Å²) in [6.07, 6.45) is 1.58. The number of hydrogen-bond acceptors (Lipinski definition) is 7. The van der Waals surface area contributed by atoms with Crippen LogP contribution in [0.15, 0.2) is 59.3 Å². The number of methoxy groups -OCH3 is 1. The van der Waals surface area contributed by atoms with E-state index in [1.807, 2.05) is 0 Å². The Kier molecular flexibility index (Phi) is 7.17. The molecule has 0 saturated carbocycles. The number of pyridine rings is 1. The molecule has 0 bridgehead atoms. The van der Waals surface area contributed by atoms with E-state index in [9.17, 15) is 14.4 Å². The summed E-state index contributed by atoms with van der Waals surface area (Å²) in [6, 6.07) is 12.3. The van der Waals surface area contributed by atoms with E-state index >= 15 is 0 Å². The first-order valence-electron chi connectivity index (χ1n) is 9.82. The molecule has 1 atom stereocenters. The zero-order chi connectivity index (χ0) is 23.1. The Morgan fingerprint density at radius 1 is 1.03 bits per heavy atom. The smallest absolute Gasteiger partial charge is 0.328 e. The molecular weight excluding hydrogens is 414 g/mol. The molecule has 166 valence electrons. The minimum Gasteiger partial charge on any atom is -0.467 e. The summed E-state index contributed by atoms with van der Waals surface area (Å²) < 4.78 is 9.85. The van der Waals surface area contributed by atoms with Gasteiger partial charge in [0.25, 0.3) is 5.91 Å². The van der Waals surface area contributed by atoms with Crippen LogP contribution >= 0.6 is 0 Å². The molecule has 2 heterocycles. The predicted molar refractivity (Wildman–Crippen MR) is 117 cm³/mol. The Morgan fingerprint density at radius 2 is 1.78 bits per heavy atom. The van der Waals surface area contributed by atoms with Crippen LogP contribution in [0.2, 0.25) is 0 Å². The van der Waals surface area contributed by atoms with Crippen molar-refractivity contribution in [3.63, 3.8) is 0 Å². The molecule has 0 aliphatic rings. The molecule has 1 unspecified atom stereocenters. The summed E-state index contributed by atoms with van der Waals surface area (Å²) >= 11 is 0. The van der Waals surface area contributed by atoms with Gasteiger partial charge in [-0.1, -0.05) is 37.2 Å². The SMILES string of the molecule is COC(=O)C(NC(=O)c1cc(-c2ccc(NC(=O)Nc3ccccn3)cc2)no1)C(C)C. The molecule has 3 amide bonds. The molecule has 0 spiro atoms. The fourth-order valence-corrected chi connectivity index (χ4v) is 2.80. The average Bonchev–Trinajstić information content (AvgIpc) is 3.28. The van der Waals surface area contributed by atoms with Crippen molar-refractivity contribution >= 4 is 29.4 Å². The zero-order valence-electron chi connectivity index (χ0n) is 17.8. The van der Waals surface area contributed by atoms with Gasteiger partial charge in [0.15, 0.2) is 0 Å². The molecule has 32 heavy (non-hydrogen) atoms. The molecule has 0 aliphatic carbocycles. The Balaban J connectivity index is 1.62. The van der Waals surface area contributed by atoms with Crippen LogP contribution in [0.25, 0.3) is 11.3 Å². The number of ether oxygens (including phenoxy) is 1. The number of anilines is 2. The standard InChI is InChI=1S/C22H23N5O5/c1-13(2)19(21(29)31-3)26-20(28)17-12-16(27-32-17)14-7-9-15(10-8-14)24-22(30)25-18-6-4-5-11-23-18/h4-13,19H,1-3H3,(H,26,28)(H2,23,24,25,30). The zero-order valence-corrected chi connectivity index (χ0v) is 17.8. The second-order valence-electron chi connectivity index (χ2n) is 7.17. The Labute approximate surface area is 184 Å². The minimum absolute atomic E-state index is 0.0357. The van der Waals surface area contributed by atoms with Crippen molar-refractivity contribution in [1.29, 1.82) is 0 Å². The number of carbonyl (C=O) groups excluding carboxylic acids is 3. The number of nitrogens with zero attached hydrogens (tertiary/aromatic N) is 2. The van der Waals surface area contributed by atoms with Crippen molar-refractivity contribution in [3.05, 3.63) is 60.5 Å². The van der Waals surface area contributed by atoms with Gasteiger partial charge in [0.2, 0.25) is 5.76 Å². The van der Waals surface area contributed by atoms with Crippen LogP contribution in [0.4, 0.5) is 16.3 Å². The normalized spacial score (nSPS) is 11.5. The van der Waals surface area contributed by atoms with Crippen molar-refractivity contribution in [3.8, 4) is 11.3 Å². The van der Waals surface area contributed by atoms with Gasteiger partial charge in [-0.3, -0.25) is 10.1 Å². The van der Waals surface area contributed by atoms with Crippen molar-refractivity contribution < 1.29 is 23.6 Å². The monoisotopic (exact) mass is 437 g/mol. The van der Waals surface area contributed by atoms with E-state index in [2.05, 4.69) is 26.1 Å². The molecule has 0 aliphatic heterocycles. The topological polar surface area (TPSA) is 135 Å². The number of amides is 3. The summed E-state index contributed by atoms with van der Waals surface area (Å²) in [5.74, 6) is -0.877. The first kappa shape index (κ1) is 22.5. The van der Waals surface area contributed by atoms with Crippen molar-refractivity contribution in [2.45, 2.75) is 19.9 Å². The highest BCUT2D eigenvalue weighted by atomic mass is 16.5. The molecule has 0 radical (unpaired) electrons. The first-order valence-corrected chi connectivity index (χ1v) is 9.82. The predicted octanol–water partition coefficient (Wildman–Crippen LogP) is 3.31. The quantitative estimate of drug-likeness (QED) is 0.483. The lowest BCUT2D eigenvalue weighted by Gasteiger charge is -2.18. The number of aromatic nitrogens is 2. The van der Waals surface area contributed by atoms with Gasteiger partial charge in [-0.05, 0) is 30.2 Å². The van der Waals surface area contributed by atoms with E-state index in [-0.39, 0.29) is 11.7 Å². The number of urea groups is 1. The number of hydrogen-bond donors (Lipinski definition) is 3. The van der Waals surface area contributed by atoms with Gasteiger partial charge in [0.1, 0.15) is 17.6 Å². The highest BCUT2D eigenvalue weighted by Gasteiger charge is 2.27. The molecule has 10 nitrogen and oxygen atoms in total. The van der Waals surface area contributed by atoms with E-state index < -0.39 is 23.9 Å². The van der Waals surface area contributed by atoms with Crippen LogP contribution in [0.1, 0.15) is 24.4 Å². The lowest BCUT2D eigenvalue weighted by molar-refractivity contribution is -0.144. The number of carbonyl (C=O) groups is 3. The second kappa shape index (κ2) is 10.2. The maximum Gasteiger partial charge on any atom is 0.328 e. The van der Waals surface area contributed by atoms with Crippen molar-refractivity contribution in [2.75, 3.05) is 17.7 Å². The van der Waals surface area contributed by atoms with Gasteiger partial charge < -0.3 is 19.9 Å². The lowest BCUT2D eigenvalue weighted by atomic mass is 10.0. The van der Waals surface area contributed by atoms with Gasteiger partial charge >= 0.3 is 12.0 Å². The summed E-state index contributed by atoms with van der Waals surface area (Å²) in [5, 5.41) is 11.8. The van der Waals surface area contributed by atoms with Crippen LogP contribution in [-0.2, 0) is 9.53 Å². The molecule has 0 fully saturated rings.